The Bertz CT molecular complexity index is 582. The number of hydrogen-bond donors (Lipinski definition) is 1. The predicted octanol–water partition coefficient (Wildman–Crippen LogP) is 6.08. The summed E-state index contributed by atoms with van der Waals surface area (Å²) in [5.74, 6) is 0. The Morgan fingerprint density at radius 3 is 1.95 bits per heavy atom. The van der Waals surface area contributed by atoms with Crippen molar-refractivity contribution in [2.75, 3.05) is 6.54 Å². The van der Waals surface area contributed by atoms with E-state index in [-0.39, 0.29) is 0 Å². The molecule has 1 nitrogen and oxygen atoms in total. The lowest BCUT2D eigenvalue weighted by Crippen LogP contribution is -2.11. The van der Waals surface area contributed by atoms with Crippen molar-refractivity contribution in [2.45, 2.75) is 13.5 Å². The predicted molar refractivity (Wildman–Crippen MR) is 89.3 cm³/mol. The van der Waals surface area contributed by atoms with Crippen molar-refractivity contribution < 1.29 is 0 Å². The summed E-state index contributed by atoms with van der Waals surface area (Å²) in [5.41, 5.74) is 2.75. The lowest BCUT2D eigenvalue weighted by Gasteiger charge is -2.11. The van der Waals surface area contributed by atoms with Crippen LogP contribution in [0.15, 0.2) is 30.3 Å². The van der Waals surface area contributed by atoms with Crippen LogP contribution in [0.25, 0.3) is 11.1 Å². The third-order valence-electron chi connectivity index (χ3n) is 2.93. The summed E-state index contributed by atoms with van der Waals surface area (Å²) < 4.78 is 0. The fraction of sp³-hybridized carbons (Fsp3) is 0.200. The number of benzene rings is 2. The fourth-order valence-corrected chi connectivity index (χ4v) is 2.91. The van der Waals surface area contributed by atoms with Gasteiger partial charge in [-0.2, -0.15) is 0 Å². The number of halogens is 4. The number of rotatable bonds is 4. The largest absolute Gasteiger partial charge is 0.313 e. The normalized spacial score (nSPS) is 10.8. The molecule has 0 aliphatic rings. The SMILES string of the molecule is CCNCc1ccc(-c2c(Cl)c(Cl)cc(Cl)c2Cl)cc1. The molecule has 0 saturated heterocycles. The Morgan fingerprint density at radius 2 is 1.45 bits per heavy atom. The van der Waals surface area contributed by atoms with Gasteiger partial charge in [0.15, 0.2) is 0 Å². The zero-order valence-corrected chi connectivity index (χ0v) is 13.8. The van der Waals surface area contributed by atoms with Crippen molar-refractivity contribution in [3.8, 4) is 11.1 Å². The molecule has 0 radical (unpaired) electrons. The number of nitrogens with one attached hydrogen (secondary N) is 1. The molecule has 0 bridgehead atoms. The van der Waals surface area contributed by atoms with E-state index in [9.17, 15) is 0 Å². The first-order valence-electron chi connectivity index (χ1n) is 6.17. The second kappa shape index (κ2) is 7.02. The Morgan fingerprint density at radius 1 is 0.900 bits per heavy atom. The van der Waals surface area contributed by atoms with E-state index in [4.69, 9.17) is 46.4 Å². The highest BCUT2D eigenvalue weighted by atomic mass is 35.5. The molecular weight excluding hydrogens is 336 g/mol. The van der Waals surface area contributed by atoms with E-state index in [1.165, 1.54) is 5.56 Å². The van der Waals surface area contributed by atoms with Gasteiger partial charge in [-0.05, 0) is 23.7 Å². The first-order chi connectivity index (χ1) is 9.54. The lowest BCUT2D eigenvalue weighted by atomic mass is 10.0. The molecule has 2 aromatic carbocycles. The van der Waals surface area contributed by atoms with Crippen molar-refractivity contribution >= 4 is 46.4 Å². The van der Waals surface area contributed by atoms with Gasteiger partial charge in [0.05, 0.1) is 20.1 Å². The van der Waals surface area contributed by atoms with E-state index in [0.29, 0.717) is 25.7 Å². The maximum atomic E-state index is 6.24. The fourth-order valence-electron chi connectivity index (χ4n) is 1.89. The van der Waals surface area contributed by atoms with E-state index < -0.39 is 0 Å². The van der Waals surface area contributed by atoms with Crippen LogP contribution >= 0.6 is 46.4 Å². The Balaban J connectivity index is 2.42. The third-order valence-corrected chi connectivity index (χ3v) is 4.51. The second-order valence-corrected chi connectivity index (χ2v) is 5.89. The van der Waals surface area contributed by atoms with Crippen molar-refractivity contribution in [3.05, 3.63) is 56.0 Å². The standard InChI is InChI=1S/C15H13Cl4N/c1-2-20-8-9-3-5-10(6-4-9)13-14(18)11(16)7-12(17)15(13)19/h3-7,20H,2,8H2,1H3. The van der Waals surface area contributed by atoms with Crippen LogP contribution in [0.2, 0.25) is 20.1 Å². The molecule has 0 aromatic heterocycles. The van der Waals surface area contributed by atoms with Gasteiger partial charge in [-0.15, -0.1) is 0 Å². The van der Waals surface area contributed by atoms with Gasteiger partial charge >= 0.3 is 0 Å². The monoisotopic (exact) mass is 347 g/mol. The van der Waals surface area contributed by atoms with Gasteiger partial charge in [0.1, 0.15) is 0 Å². The topological polar surface area (TPSA) is 12.0 Å². The van der Waals surface area contributed by atoms with Gasteiger partial charge in [-0.3, -0.25) is 0 Å². The molecule has 0 saturated carbocycles. The first-order valence-corrected chi connectivity index (χ1v) is 7.68. The maximum absolute atomic E-state index is 6.24. The highest BCUT2D eigenvalue weighted by Crippen LogP contribution is 2.43. The summed E-state index contributed by atoms with van der Waals surface area (Å²) in [6, 6.07) is 9.54. The molecule has 2 rings (SSSR count). The van der Waals surface area contributed by atoms with Crippen LogP contribution in [-0.4, -0.2) is 6.54 Å². The van der Waals surface area contributed by atoms with E-state index in [1.54, 1.807) is 6.07 Å². The van der Waals surface area contributed by atoms with Crippen LogP contribution in [0, 0.1) is 0 Å². The lowest BCUT2D eigenvalue weighted by molar-refractivity contribution is 0.727. The summed E-state index contributed by atoms with van der Waals surface area (Å²) in [4.78, 5) is 0. The van der Waals surface area contributed by atoms with E-state index in [2.05, 4.69) is 12.2 Å². The van der Waals surface area contributed by atoms with Gasteiger partial charge < -0.3 is 5.32 Å². The van der Waals surface area contributed by atoms with Gasteiger partial charge in [-0.25, -0.2) is 0 Å². The summed E-state index contributed by atoms with van der Waals surface area (Å²) in [6.45, 7) is 3.83. The molecule has 0 fully saturated rings. The van der Waals surface area contributed by atoms with Crippen LogP contribution in [0.1, 0.15) is 12.5 Å². The molecule has 0 spiro atoms. The molecular formula is C15H13Cl4N. The molecule has 0 unspecified atom stereocenters. The minimum atomic E-state index is 0.396. The van der Waals surface area contributed by atoms with Gasteiger partial charge in [0.2, 0.25) is 0 Å². The third kappa shape index (κ3) is 3.41. The van der Waals surface area contributed by atoms with Crippen LogP contribution in [0.5, 0.6) is 0 Å². The Hall–Kier alpha value is -0.440. The smallest absolute Gasteiger partial charge is 0.0686 e. The average Bonchev–Trinajstić information content (AvgIpc) is 2.44. The zero-order valence-electron chi connectivity index (χ0n) is 10.8. The van der Waals surface area contributed by atoms with E-state index >= 15 is 0 Å². The van der Waals surface area contributed by atoms with Crippen LogP contribution in [-0.2, 0) is 6.54 Å². The molecule has 106 valence electrons. The van der Waals surface area contributed by atoms with Crippen LogP contribution in [0.3, 0.4) is 0 Å². The van der Waals surface area contributed by atoms with Crippen LogP contribution < -0.4 is 5.32 Å². The van der Waals surface area contributed by atoms with Crippen LogP contribution in [0.4, 0.5) is 0 Å². The molecule has 0 aliphatic carbocycles. The summed E-state index contributed by atoms with van der Waals surface area (Å²) in [7, 11) is 0. The van der Waals surface area contributed by atoms with Gasteiger partial charge in [0, 0.05) is 12.1 Å². The molecule has 5 heteroatoms. The summed E-state index contributed by atoms with van der Waals surface area (Å²) in [6.07, 6.45) is 0. The average molecular weight is 349 g/mol. The highest BCUT2D eigenvalue weighted by Gasteiger charge is 2.15. The van der Waals surface area contributed by atoms with Crippen molar-refractivity contribution in [2.24, 2.45) is 0 Å². The quantitative estimate of drug-likeness (QED) is 0.660. The zero-order chi connectivity index (χ0) is 14.7. The van der Waals surface area contributed by atoms with Gasteiger partial charge in [-0.1, -0.05) is 77.6 Å². The molecule has 0 aliphatic heterocycles. The number of hydrogen-bond acceptors (Lipinski definition) is 1. The maximum Gasteiger partial charge on any atom is 0.0686 e. The molecule has 0 amide bonds. The summed E-state index contributed by atoms with van der Waals surface area (Å²) >= 11 is 24.6. The van der Waals surface area contributed by atoms with Crippen molar-refractivity contribution in [1.29, 1.82) is 0 Å². The molecule has 1 N–H and O–H groups in total. The Labute approximate surface area is 138 Å². The highest BCUT2D eigenvalue weighted by molar-refractivity contribution is 6.50. The minimum Gasteiger partial charge on any atom is -0.313 e. The van der Waals surface area contributed by atoms with E-state index in [1.807, 2.05) is 24.3 Å². The van der Waals surface area contributed by atoms with Crippen molar-refractivity contribution in [3.63, 3.8) is 0 Å². The Kier molecular flexibility index (Phi) is 5.59. The summed E-state index contributed by atoms with van der Waals surface area (Å²) in [5, 5.41) is 4.90. The minimum absolute atomic E-state index is 0.396. The second-order valence-electron chi connectivity index (χ2n) is 4.32. The molecule has 0 heterocycles. The van der Waals surface area contributed by atoms with E-state index in [0.717, 1.165) is 18.7 Å². The first kappa shape index (κ1) is 15.9. The van der Waals surface area contributed by atoms with Crippen molar-refractivity contribution in [1.82, 2.24) is 5.32 Å². The van der Waals surface area contributed by atoms with Gasteiger partial charge in [0.25, 0.3) is 0 Å². The molecule has 0 atom stereocenters. The molecule has 20 heavy (non-hydrogen) atoms. The molecule has 2 aromatic rings.